The zero-order valence-corrected chi connectivity index (χ0v) is 10.8. The second kappa shape index (κ2) is 5.29. The third-order valence-electron chi connectivity index (χ3n) is 3.53. The van der Waals surface area contributed by atoms with E-state index in [0.29, 0.717) is 25.1 Å². The first kappa shape index (κ1) is 13.4. The van der Waals surface area contributed by atoms with Gasteiger partial charge in [-0.3, -0.25) is 0 Å². The van der Waals surface area contributed by atoms with Gasteiger partial charge in [-0.25, -0.2) is 14.6 Å². The zero-order chi connectivity index (χ0) is 13.9. The second-order valence-electron chi connectivity index (χ2n) is 4.77. The Morgan fingerprint density at radius 2 is 2.32 bits per heavy atom. The number of carbonyl (C=O) groups excluding carboxylic acids is 1. The molecule has 2 rings (SSSR count). The van der Waals surface area contributed by atoms with Gasteiger partial charge in [-0.2, -0.15) is 0 Å². The van der Waals surface area contributed by atoms with Gasteiger partial charge in [0.25, 0.3) is 0 Å². The van der Waals surface area contributed by atoms with Crippen molar-refractivity contribution in [1.29, 1.82) is 0 Å². The van der Waals surface area contributed by atoms with Crippen molar-refractivity contribution in [3.05, 3.63) is 18.2 Å². The van der Waals surface area contributed by atoms with Crippen molar-refractivity contribution >= 4 is 12.0 Å². The maximum atomic E-state index is 11.9. The Kier molecular flexibility index (Phi) is 3.73. The molecule has 0 bridgehead atoms. The van der Waals surface area contributed by atoms with Gasteiger partial charge >= 0.3 is 12.0 Å². The van der Waals surface area contributed by atoms with Crippen LogP contribution in [-0.4, -0.2) is 32.6 Å². The maximum Gasteiger partial charge on any atom is 0.329 e. The van der Waals surface area contributed by atoms with Crippen molar-refractivity contribution in [2.45, 2.75) is 44.2 Å². The van der Waals surface area contributed by atoms with Gasteiger partial charge in [-0.15, -0.1) is 0 Å². The van der Waals surface area contributed by atoms with E-state index in [0.717, 1.165) is 6.42 Å². The molecular formula is C12H18N4O3. The number of H-pyrrole nitrogens is 1. The molecule has 0 spiro atoms. The summed E-state index contributed by atoms with van der Waals surface area (Å²) >= 11 is 0. The first-order chi connectivity index (χ1) is 9.07. The molecule has 1 aromatic rings. The highest BCUT2D eigenvalue weighted by atomic mass is 16.4. The summed E-state index contributed by atoms with van der Waals surface area (Å²) in [5, 5.41) is 14.5. The van der Waals surface area contributed by atoms with Crippen LogP contribution in [0.15, 0.2) is 12.4 Å². The molecule has 1 aliphatic rings. The molecule has 0 aromatic carbocycles. The Labute approximate surface area is 110 Å². The fourth-order valence-corrected chi connectivity index (χ4v) is 2.17. The van der Waals surface area contributed by atoms with Crippen LogP contribution in [0.1, 0.15) is 44.5 Å². The van der Waals surface area contributed by atoms with Crippen LogP contribution in [0.2, 0.25) is 0 Å². The molecule has 1 aromatic heterocycles. The minimum Gasteiger partial charge on any atom is -0.480 e. The van der Waals surface area contributed by atoms with Crippen LogP contribution in [0, 0.1) is 0 Å². The van der Waals surface area contributed by atoms with E-state index in [1.165, 1.54) is 0 Å². The van der Waals surface area contributed by atoms with Crippen molar-refractivity contribution in [3.8, 4) is 0 Å². The lowest BCUT2D eigenvalue weighted by Crippen LogP contribution is -2.61. The van der Waals surface area contributed by atoms with Crippen LogP contribution in [0.3, 0.4) is 0 Å². The maximum absolute atomic E-state index is 11.9. The van der Waals surface area contributed by atoms with E-state index in [-0.39, 0.29) is 6.04 Å². The van der Waals surface area contributed by atoms with Gasteiger partial charge < -0.3 is 20.7 Å². The Morgan fingerprint density at radius 3 is 2.74 bits per heavy atom. The van der Waals surface area contributed by atoms with Gasteiger partial charge in [0.1, 0.15) is 11.4 Å². The van der Waals surface area contributed by atoms with E-state index in [2.05, 4.69) is 20.6 Å². The van der Waals surface area contributed by atoms with Crippen LogP contribution in [-0.2, 0) is 4.79 Å². The summed E-state index contributed by atoms with van der Waals surface area (Å²) in [7, 11) is 0. The van der Waals surface area contributed by atoms with Crippen molar-refractivity contribution < 1.29 is 14.7 Å². The Hall–Kier alpha value is -2.05. The molecule has 104 valence electrons. The number of carboxylic acids is 1. The second-order valence-corrected chi connectivity index (χ2v) is 4.77. The van der Waals surface area contributed by atoms with Gasteiger partial charge in [0.2, 0.25) is 0 Å². The number of nitrogens with zero attached hydrogens (tertiary/aromatic N) is 1. The molecule has 2 amide bonds. The van der Waals surface area contributed by atoms with Gasteiger partial charge in [0, 0.05) is 12.4 Å². The highest BCUT2D eigenvalue weighted by Crippen LogP contribution is 2.32. The van der Waals surface area contributed by atoms with E-state index >= 15 is 0 Å². The van der Waals surface area contributed by atoms with Crippen molar-refractivity contribution in [3.63, 3.8) is 0 Å². The SMILES string of the molecule is CCC(NC(=O)NC1(C(=O)O)CCC1)c1ncc[nH]1. The number of rotatable bonds is 5. The Morgan fingerprint density at radius 1 is 1.58 bits per heavy atom. The Bertz CT molecular complexity index is 454. The molecule has 0 saturated heterocycles. The predicted molar refractivity (Wildman–Crippen MR) is 67.5 cm³/mol. The van der Waals surface area contributed by atoms with E-state index in [4.69, 9.17) is 5.11 Å². The molecule has 7 nitrogen and oxygen atoms in total. The minimum atomic E-state index is -1.09. The number of aromatic nitrogens is 2. The minimum absolute atomic E-state index is 0.249. The lowest BCUT2D eigenvalue weighted by Gasteiger charge is -2.38. The molecule has 0 radical (unpaired) electrons. The average molecular weight is 266 g/mol. The third-order valence-corrected chi connectivity index (χ3v) is 3.53. The zero-order valence-electron chi connectivity index (χ0n) is 10.8. The number of hydrogen-bond donors (Lipinski definition) is 4. The fraction of sp³-hybridized carbons (Fsp3) is 0.583. The number of carboxylic acid groups (broad SMARTS) is 1. The van der Waals surface area contributed by atoms with Crippen LogP contribution in [0.5, 0.6) is 0 Å². The number of aliphatic carboxylic acids is 1. The summed E-state index contributed by atoms with van der Waals surface area (Å²) in [5.74, 6) is -0.310. The van der Waals surface area contributed by atoms with Crippen molar-refractivity contribution in [1.82, 2.24) is 20.6 Å². The predicted octanol–water partition coefficient (Wildman–Crippen LogP) is 1.17. The first-order valence-corrected chi connectivity index (χ1v) is 6.39. The molecule has 7 heteroatoms. The summed E-state index contributed by atoms with van der Waals surface area (Å²) in [6.07, 6.45) is 5.74. The number of carbonyl (C=O) groups is 2. The Balaban J connectivity index is 1.95. The molecule has 0 aliphatic heterocycles. The van der Waals surface area contributed by atoms with Gasteiger partial charge in [0.05, 0.1) is 6.04 Å². The largest absolute Gasteiger partial charge is 0.480 e. The fourth-order valence-electron chi connectivity index (χ4n) is 2.17. The number of hydrogen-bond acceptors (Lipinski definition) is 3. The van der Waals surface area contributed by atoms with Crippen LogP contribution < -0.4 is 10.6 Å². The first-order valence-electron chi connectivity index (χ1n) is 6.39. The highest BCUT2D eigenvalue weighted by molar-refractivity contribution is 5.87. The van der Waals surface area contributed by atoms with E-state index in [9.17, 15) is 9.59 Å². The van der Waals surface area contributed by atoms with Gasteiger partial charge in [-0.05, 0) is 25.7 Å². The number of imidazole rings is 1. The smallest absolute Gasteiger partial charge is 0.329 e. The number of nitrogens with one attached hydrogen (secondary N) is 3. The quantitative estimate of drug-likeness (QED) is 0.641. The molecule has 1 atom stereocenters. The lowest BCUT2D eigenvalue weighted by atomic mass is 9.77. The third kappa shape index (κ3) is 2.69. The molecule has 1 fully saturated rings. The van der Waals surface area contributed by atoms with Crippen LogP contribution in [0.4, 0.5) is 4.79 Å². The van der Waals surface area contributed by atoms with Crippen LogP contribution in [0.25, 0.3) is 0 Å². The summed E-state index contributed by atoms with van der Waals surface area (Å²) in [6, 6.07) is -0.716. The van der Waals surface area contributed by atoms with Crippen LogP contribution >= 0.6 is 0 Å². The summed E-state index contributed by atoms with van der Waals surface area (Å²) in [6.45, 7) is 1.92. The number of urea groups is 1. The van der Waals surface area contributed by atoms with Crippen molar-refractivity contribution in [2.24, 2.45) is 0 Å². The van der Waals surface area contributed by atoms with Crippen molar-refractivity contribution in [2.75, 3.05) is 0 Å². The summed E-state index contributed by atoms with van der Waals surface area (Å²) < 4.78 is 0. The van der Waals surface area contributed by atoms with Gasteiger partial charge in [0.15, 0.2) is 0 Å². The molecule has 19 heavy (non-hydrogen) atoms. The molecule has 1 saturated carbocycles. The average Bonchev–Trinajstić information content (AvgIpc) is 2.83. The van der Waals surface area contributed by atoms with E-state index in [1.54, 1.807) is 12.4 Å². The molecule has 1 aliphatic carbocycles. The standard InChI is InChI=1S/C12H18N4O3/c1-2-8(9-13-6-7-14-9)15-11(19)16-12(10(17)18)4-3-5-12/h6-8H,2-5H2,1H3,(H,13,14)(H,17,18)(H2,15,16,19). The molecule has 1 unspecified atom stereocenters. The topological polar surface area (TPSA) is 107 Å². The van der Waals surface area contributed by atoms with E-state index in [1.807, 2.05) is 6.92 Å². The number of amides is 2. The highest BCUT2D eigenvalue weighted by Gasteiger charge is 2.45. The van der Waals surface area contributed by atoms with Gasteiger partial charge in [-0.1, -0.05) is 6.92 Å². The molecular weight excluding hydrogens is 248 g/mol. The normalized spacial score (nSPS) is 18.2. The monoisotopic (exact) mass is 266 g/mol. The number of aromatic amines is 1. The summed E-state index contributed by atoms with van der Waals surface area (Å²) in [4.78, 5) is 30.1. The molecule has 1 heterocycles. The summed E-state index contributed by atoms with van der Waals surface area (Å²) in [5.41, 5.74) is -1.09. The lowest BCUT2D eigenvalue weighted by molar-refractivity contribution is -0.148. The van der Waals surface area contributed by atoms with E-state index < -0.39 is 17.5 Å². The molecule has 4 N–H and O–H groups in total.